The van der Waals surface area contributed by atoms with E-state index in [-0.39, 0.29) is 0 Å². The molecule has 1 saturated heterocycles. The number of hydrogen-bond acceptors (Lipinski definition) is 6. The topological polar surface area (TPSA) is 58.0 Å². The van der Waals surface area contributed by atoms with Gasteiger partial charge < -0.3 is 4.90 Å². The van der Waals surface area contributed by atoms with Gasteiger partial charge in [-0.1, -0.05) is 0 Å². The third-order valence-corrected chi connectivity index (χ3v) is 5.78. The molecule has 3 fully saturated rings. The van der Waals surface area contributed by atoms with E-state index in [0.717, 1.165) is 31.3 Å². The van der Waals surface area contributed by atoms with E-state index >= 15 is 0 Å². The Kier molecular flexibility index (Phi) is 4.28. The molecule has 3 aliphatic rings. The van der Waals surface area contributed by atoms with Crippen LogP contribution in [0.5, 0.6) is 0 Å². The molecular weight excluding hydrogens is 324 g/mol. The van der Waals surface area contributed by atoms with Crippen molar-refractivity contribution in [3.05, 3.63) is 42.4 Å². The fraction of sp³-hybridized carbons (Fsp3) is 0.600. The minimum Gasteiger partial charge on any atom is -0.350 e. The minimum atomic E-state index is 0.598. The Hall–Kier alpha value is -2.08. The molecule has 0 atom stereocenters. The third kappa shape index (κ3) is 3.56. The number of nitrogens with zero attached hydrogens (tertiary/aromatic N) is 6. The molecule has 2 aromatic heterocycles. The van der Waals surface area contributed by atoms with Crippen LogP contribution in [-0.4, -0.2) is 50.0 Å². The summed E-state index contributed by atoms with van der Waals surface area (Å²) in [5.41, 5.74) is 1.18. The zero-order valence-corrected chi connectivity index (χ0v) is 15.2. The Morgan fingerprint density at radius 2 is 1.73 bits per heavy atom. The van der Waals surface area contributed by atoms with Crippen molar-refractivity contribution in [1.82, 2.24) is 24.8 Å². The second-order valence-corrected chi connectivity index (χ2v) is 7.89. The van der Waals surface area contributed by atoms with Gasteiger partial charge in [0.1, 0.15) is 18.0 Å². The van der Waals surface area contributed by atoms with Crippen molar-refractivity contribution < 1.29 is 0 Å². The van der Waals surface area contributed by atoms with Crippen LogP contribution < -0.4 is 4.90 Å². The van der Waals surface area contributed by atoms with E-state index in [1.807, 2.05) is 12.4 Å². The monoisotopic (exact) mass is 350 g/mol. The first-order valence-corrected chi connectivity index (χ1v) is 9.95. The molecule has 2 aliphatic carbocycles. The molecule has 2 aromatic rings. The number of hydrogen-bond donors (Lipinski definition) is 0. The molecule has 5 rings (SSSR count). The first-order valence-electron chi connectivity index (χ1n) is 9.95. The van der Waals surface area contributed by atoms with Crippen LogP contribution in [0.15, 0.2) is 30.9 Å². The predicted molar refractivity (Wildman–Crippen MR) is 99.8 cm³/mol. The summed E-state index contributed by atoms with van der Waals surface area (Å²) < 4.78 is 0. The maximum atomic E-state index is 4.79. The van der Waals surface area contributed by atoms with Gasteiger partial charge in [0.25, 0.3) is 0 Å². The second-order valence-electron chi connectivity index (χ2n) is 7.89. The van der Waals surface area contributed by atoms with Crippen molar-refractivity contribution in [2.75, 3.05) is 18.0 Å². The van der Waals surface area contributed by atoms with Crippen molar-refractivity contribution >= 4 is 5.82 Å². The molecule has 0 unspecified atom stereocenters. The van der Waals surface area contributed by atoms with Crippen LogP contribution in [0.4, 0.5) is 5.82 Å². The Balaban J connectivity index is 1.21. The largest absolute Gasteiger partial charge is 0.350 e. The first kappa shape index (κ1) is 16.1. The fourth-order valence-corrected chi connectivity index (χ4v) is 4.09. The number of piperidine rings is 1. The Morgan fingerprint density at radius 3 is 2.42 bits per heavy atom. The molecule has 3 heterocycles. The highest BCUT2D eigenvalue weighted by molar-refractivity contribution is 5.41. The summed E-state index contributed by atoms with van der Waals surface area (Å²) in [7, 11) is 0. The average molecular weight is 350 g/mol. The van der Waals surface area contributed by atoms with E-state index in [0.29, 0.717) is 18.0 Å². The van der Waals surface area contributed by atoms with Gasteiger partial charge >= 0.3 is 0 Å². The van der Waals surface area contributed by atoms with Crippen LogP contribution >= 0.6 is 0 Å². The molecule has 6 nitrogen and oxygen atoms in total. The molecule has 6 heteroatoms. The highest BCUT2D eigenvalue weighted by atomic mass is 15.3. The van der Waals surface area contributed by atoms with Crippen LogP contribution in [0.2, 0.25) is 0 Å². The summed E-state index contributed by atoms with van der Waals surface area (Å²) in [6, 6.07) is 5.42. The molecule has 0 amide bonds. The Bertz CT molecular complexity index is 735. The lowest BCUT2D eigenvalue weighted by atomic mass is 10.0. The number of rotatable bonds is 6. The molecule has 0 aromatic carbocycles. The number of anilines is 1. The lowest BCUT2D eigenvalue weighted by Gasteiger charge is -2.39. The molecule has 136 valence electrons. The summed E-state index contributed by atoms with van der Waals surface area (Å²) in [6.45, 7) is 3.20. The molecular formula is C20H26N6. The van der Waals surface area contributed by atoms with Gasteiger partial charge in [-0.05, 0) is 50.7 Å². The van der Waals surface area contributed by atoms with Gasteiger partial charge in [-0.25, -0.2) is 19.9 Å². The summed E-state index contributed by atoms with van der Waals surface area (Å²) in [6.07, 6.45) is 13.0. The zero-order valence-electron chi connectivity index (χ0n) is 15.2. The van der Waals surface area contributed by atoms with E-state index in [1.165, 1.54) is 44.2 Å². The van der Waals surface area contributed by atoms with Gasteiger partial charge in [0.05, 0.1) is 5.69 Å². The quantitative estimate of drug-likeness (QED) is 0.798. The minimum absolute atomic E-state index is 0.598. The van der Waals surface area contributed by atoms with E-state index in [4.69, 9.17) is 4.98 Å². The van der Waals surface area contributed by atoms with Gasteiger partial charge in [0.15, 0.2) is 0 Å². The van der Waals surface area contributed by atoms with Gasteiger partial charge in [0.2, 0.25) is 0 Å². The van der Waals surface area contributed by atoms with Gasteiger partial charge in [-0.15, -0.1) is 0 Å². The summed E-state index contributed by atoms with van der Waals surface area (Å²) in [5, 5.41) is 0. The maximum absolute atomic E-state index is 4.79. The molecule has 0 radical (unpaired) electrons. The summed E-state index contributed by atoms with van der Waals surface area (Å²) in [5.74, 6) is 2.78. The lowest BCUT2D eigenvalue weighted by molar-refractivity contribution is 0.198. The molecule has 26 heavy (non-hydrogen) atoms. The van der Waals surface area contributed by atoms with Gasteiger partial charge in [0, 0.05) is 50.0 Å². The van der Waals surface area contributed by atoms with Gasteiger partial charge in [-0.3, -0.25) is 4.90 Å². The highest BCUT2D eigenvalue weighted by Gasteiger charge is 2.36. The SMILES string of the molecule is c1cc(N(C2CC2)C2CCN(Cc3ccnc(C4CC4)n3)CC2)ncn1. The van der Waals surface area contributed by atoms with Crippen LogP contribution in [-0.2, 0) is 6.54 Å². The van der Waals surface area contributed by atoms with Crippen molar-refractivity contribution in [2.24, 2.45) is 0 Å². The maximum Gasteiger partial charge on any atom is 0.132 e. The highest BCUT2D eigenvalue weighted by Crippen LogP contribution is 2.38. The first-order chi connectivity index (χ1) is 12.9. The average Bonchev–Trinajstić information content (AvgIpc) is 3.58. The van der Waals surface area contributed by atoms with Crippen LogP contribution in [0, 0.1) is 0 Å². The normalized spacial score (nSPS) is 21.7. The molecule has 2 saturated carbocycles. The third-order valence-electron chi connectivity index (χ3n) is 5.78. The number of aromatic nitrogens is 4. The van der Waals surface area contributed by atoms with Crippen LogP contribution in [0.25, 0.3) is 0 Å². The van der Waals surface area contributed by atoms with Crippen molar-refractivity contribution in [1.29, 1.82) is 0 Å². The lowest BCUT2D eigenvalue weighted by Crippen LogP contribution is -2.46. The molecule has 0 spiro atoms. The van der Waals surface area contributed by atoms with E-state index < -0.39 is 0 Å². The standard InChI is InChI=1S/C20H26N6/c1-2-15(1)20-22-10-5-16(24-20)13-25-11-7-18(8-12-25)26(17-3-4-17)19-6-9-21-14-23-19/h5-6,9-10,14-15,17-18H,1-4,7-8,11-13H2. The van der Waals surface area contributed by atoms with E-state index in [1.54, 1.807) is 6.33 Å². The zero-order chi connectivity index (χ0) is 17.3. The van der Waals surface area contributed by atoms with E-state index in [9.17, 15) is 0 Å². The predicted octanol–water partition coefficient (Wildman–Crippen LogP) is 2.78. The fourth-order valence-electron chi connectivity index (χ4n) is 4.09. The van der Waals surface area contributed by atoms with Crippen LogP contribution in [0.3, 0.4) is 0 Å². The van der Waals surface area contributed by atoms with Crippen molar-refractivity contribution in [3.63, 3.8) is 0 Å². The van der Waals surface area contributed by atoms with Crippen molar-refractivity contribution in [2.45, 2.75) is 63.1 Å². The van der Waals surface area contributed by atoms with Crippen molar-refractivity contribution in [3.8, 4) is 0 Å². The molecule has 1 aliphatic heterocycles. The molecule has 0 bridgehead atoms. The smallest absolute Gasteiger partial charge is 0.132 e. The van der Waals surface area contributed by atoms with Crippen LogP contribution in [0.1, 0.15) is 56.0 Å². The van der Waals surface area contributed by atoms with E-state index in [2.05, 4.69) is 36.9 Å². The Labute approximate surface area is 154 Å². The van der Waals surface area contributed by atoms with Gasteiger partial charge in [-0.2, -0.15) is 0 Å². The summed E-state index contributed by atoms with van der Waals surface area (Å²) >= 11 is 0. The number of likely N-dealkylation sites (tertiary alicyclic amines) is 1. The molecule has 0 N–H and O–H groups in total. The Morgan fingerprint density at radius 1 is 0.923 bits per heavy atom. The second kappa shape index (κ2) is 6.91. The summed E-state index contributed by atoms with van der Waals surface area (Å²) in [4.78, 5) is 22.9.